The van der Waals surface area contributed by atoms with Crippen molar-refractivity contribution >= 4 is 10.9 Å². The van der Waals surface area contributed by atoms with Gasteiger partial charge in [-0.3, -0.25) is 9.36 Å². The molecule has 0 amide bonds. The number of aromatic nitrogens is 2. The summed E-state index contributed by atoms with van der Waals surface area (Å²) >= 11 is 0. The molecule has 3 aromatic rings. The van der Waals surface area contributed by atoms with Crippen LogP contribution in [0.1, 0.15) is 31.7 Å². The molecule has 124 valence electrons. The summed E-state index contributed by atoms with van der Waals surface area (Å²) in [6.07, 6.45) is 2.71. The third-order valence-electron chi connectivity index (χ3n) is 4.39. The van der Waals surface area contributed by atoms with Crippen molar-refractivity contribution in [3.63, 3.8) is 0 Å². The summed E-state index contributed by atoms with van der Waals surface area (Å²) in [6, 6.07) is 15.6. The van der Waals surface area contributed by atoms with Crippen LogP contribution in [-0.4, -0.2) is 16.2 Å². The molecule has 1 aromatic heterocycles. The maximum Gasteiger partial charge on any atom is 0.261 e. The number of hydrogen-bond donors (Lipinski definition) is 0. The molecule has 0 saturated heterocycles. The number of nitrogens with zero attached hydrogens (tertiary/aromatic N) is 2. The van der Waals surface area contributed by atoms with Crippen LogP contribution in [-0.2, 0) is 6.54 Å². The van der Waals surface area contributed by atoms with Crippen LogP contribution in [0.4, 0.5) is 0 Å². The lowest BCUT2D eigenvalue weighted by atomic mass is 9.99. The summed E-state index contributed by atoms with van der Waals surface area (Å²) in [5.41, 5.74) is 2.01. The van der Waals surface area contributed by atoms with E-state index >= 15 is 0 Å². The predicted molar refractivity (Wildman–Crippen MR) is 96.6 cm³/mol. The minimum atomic E-state index is -0.0312. The second-order valence-corrected chi connectivity index (χ2v) is 5.99. The molecule has 3 rings (SSSR count). The van der Waals surface area contributed by atoms with Crippen molar-refractivity contribution in [1.82, 2.24) is 9.55 Å². The second kappa shape index (κ2) is 7.30. The van der Waals surface area contributed by atoms with Crippen LogP contribution in [0.3, 0.4) is 0 Å². The number of fused-ring (bicyclic) bond motifs is 1. The van der Waals surface area contributed by atoms with Crippen LogP contribution >= 0.6 is 0 Å². The van der Waals surface area contributed by atoms with E-state index in [9.17, 15) is 4.79 Å². The highest BCUT2D eigenvalue weighted by molar-refractivity contribution is 5.76. The van der Waals surface area contributed by atoms with Gasteiger partial charge in [0.2, 0.25) is 0 Å². The Balaban J connectivity index is 1.64. The van der Waals surface area contributed by atoms with E-state index in [2.05, 4.69) is 31.0 Å². The van der Waals surface area contributed by atoms with Crippen molar-refractivity contribution in [3.05, 3.63) is 70.8 Å². The Morgan fingerprint density at radius 3 is 2.62 bits per heavy atom. The molecule has 0 saturated carbocycles. The van der Waals surface area contributed by atoms with E-state index in [1.807, 2.05) is 30.3 Å². The van der Waals surface area contributed by atoms with Crippen molar-refractivity contribution in [1.29, 1.82) is 0 Å². The molecule has 0 aliphatic carbocycles. The molecule has 4 heteroatoms. The van der Waals surface area contributed by atoms with Gasteiger partial charge in [-0.05, 0) is 42.2 Å². The van der Waals surface area contributed by atoms with Gasteiger partial charge in [0.1, 0.15) is 12.4 Å². The van der Waals surface area contributed by atoms with E-state index in [1.54, 1.807) is 17.0 Å². The van der Waals surface area contributed by atoms with E-state index in [-0.39, 0.29) is 5.56 Å². The molecule has 1 atom stereocenters. The molecular weight excluding hydrogens is 300 g/mol. The molecule has 0 N–H and O–H groups in total. The van der Waals surface area contributed by atoms with Gasteiger partial charge in [-0.1, -0.05) is 38.1 Å². The maximum absolute atomic E-state index is 12.4. The Bertz CT molecular complexity index is 869. The monoisotopic (exact) mass is 322 g/mol. The van der Waals surface area contributed by atoms with Crippen LogP contribution in [0.2, 0.25) is 0 Å². The number of para-hydroxylation sites is 1. The minimum Gasteiger partial charge on any atom is -0.492 e. The van der Waals surface area contributed by atoms with Gasteiger partial charge in [0.05, 0.1) is 23.8 Å². The first kappa shape index (κ1) is 16.2. The molecule has 0 fully saturated rings. The Hall–Kier alpha value is -2.62. The first-order chi connectivity index (χ1) is 11.7. The van der Waals surface area contributed by atoms with Crippen molar-refractivity contribution in [2.24, 2.45) is 0 Å². The molecular formula is C20H22N2O2. The van der Waals surface area contributed by atoms with Crippen LogP contribution in [0.15, 0.2) is 59.7 Å². The third-order valence-corrected chi connectivity index (χ3v) is 4.39. The lowest BCUT2D eigenvalue weighted by molar-refractivity contribution is 0.296. The van der Waals surface area contributed by atoms with Gasteiger partial charge in [-0.2, -0.15) is 0 Å². The van der Waals surface area contributed by atoms with Gasteiger partial charge in [0.15, 0.2) is 0 Å². The first-order valence-corrected chi connectivity index (χ1v) is 8.36. The van der Waals surface area contributed by atoms with Crippen LogP contribution in [0.25, 0.3) is 10.9 Å². The lowest BCUT2D eigenvalue weighted by Gasteiger charge is -2.11. The molecule has 2 aromatic carbocycles. The van der Waals surface area contributed by atoms with Crippen molar-refractivity contribution in [3.8, 4) is 5.75 Å². The molecule has 0 radical (unpaired) electrons. The van der Waals surface area contributed by atoms with Gasteiger partial charge >= 0.3 is 0 Å². The SMILES string of the molecule is CC[C@H](C)c1ccc(OCCn2cnc3ccccc3c2=O)cc1. The Morgan fingerprint density at radius 2 is 1.88 bits per heavy atom. The fraction of sp³-hybridized carbons (Fsp3) is 0.300. The molecule has 4 nitrogen and oxygen atoms in total. The standard InChI is InChI=1S/C20H22N2O2/c1-3-15(2)16-8-10-17(11-9-16)24-13-12-22-14-21-19-7-5-4-6-18(19)20(22)23/h4-11,14-15H,3,12-13H2,1-2H3/t15-/m0/s1. The highest BCUT2D eigenvalue weighted by atomic mass is 16.5. The number of hydrogen-bond acceptors (Lipinski definition) is 3. The summed E-state index contributed by atoms with van der Waals surface area (Å²) in [5, 5.41) is 0.637. The van der Waals surface area contributed by atoms with Gasteiger partial charge in [-0.15, -0.1) is 0 Å². The molecule has 0 aliphatic heterocycles. The highest BCUT2D eigenvalue weighted by Gasteiger charge is 2.05. The molecule has 1 heterocycles. The average Bonchev–Trinajstić information content (AvgIpc) is 2.64. The van der Waals surface area contributed by atoms with E-state index in [0.29, 0.717) is 24.5 Å². The third kappa shape index (κ3) is 3.48. The van der Waals surface area contributed by atoms with Crippen molar-refractivity contribution < 1.29 is 4.74 Å². The Morgan fingerprint density at radius 1 is 1.12 bits per heavy atom. The average molecular weight is 322 g/mol. The van der Waals surface area contributed by atoms with Gasteiger partial charge in [0, 0.05) is 0 Å². The Kier molecular flexibility index (Phi) is 4.94. The highest BCUT2D eigenvalue weighted by Crippen LogP contribution is 2.21. The topological polar surface area (TPSA) is 44.1 Å². The summed E-state index contributed by atoms with van der Waals surface area (Å²) in [7, 11) is 0. The fourth-order valence-electron chi connectivity index (χ4n) is 2.66. The van der Waals surface area contributed by atoms with Crippen molar-refractivity contribution in [2.45, 2.75) is 32.7 Å². The van der Waals surface area contributed by atoms with E-state index in [1.165, 1.54) is 5.56 Å². The van der Waals surface area contributed by atoms with Crippen molar-refractivity contribution in [2.75, 3.05) is 6.61 Å². The zero-order valence-electron chi connectivity index (χ0n) is 14.1. The smallest absolute Gasteiger partial charge is 0.261 e. The predicted octanol–water partition coefficient (Wildman–Crippen LogP) is 3.99. The summed E-state index contributed by atoms with van der Waals surface area (Å²) in [4.78, 5) is 16.7. The largest absolute Gasteiger partial charge is 0.492 e. The van der Waals surface area contributed by atoms with E-state index in [0.717, 1.165) is 17.7 Å². The molecule has 24 heavy (non-hydrogen) atoms. The van der Waals surface area contributed by atoms with Gasteiger partial charge in [0.25, 0.3) is 5.56 Å². The molecule has 0 aliphatic rings. The lowest BCUT2D eigenvalue weighted by Crippen LogP contribution is -2.23. The number of benzene rings is 2. The summed E-state index contributed by atoms with van der Waals surface area (Å²) < 4.78 is 7.35. The summed E-state index contributed by atoms with van der Waals surface area (Å²) in [6.45, 7) is 5.31. The van der Waals surface area contributed by atoms with Crippen LogP contribution in [0, 0.1) is 0 Å². The van der Waals surface area contributed by atoms with Gasteiger partial charge in [-0.25, -0.2) is 4.98 Å². The zero-order valence-corrected chi connectivity index (χ0v) is 14.1. The number of rotatable bonds is 6. The second-order valence-electron chi connectivity index (χ2n) is 5.99. The molecule has 0 bridgehead atoms. The van der Waals surface area contributed by atoms with E-state index in [4.69, 9.17) is 4.74 Å². The first-order valence-electron chi connectivity index (χ1n) is 8.36. The zero-order chi connectivity index (χ0) is 16.9. The van der Waals surface area contributed by atoms with E-state index < -0.39 is 0 Å². The van der Waals surface area contributed by atoms with Crippen LogP contribution < -0.4 is 10.3 Å². The van der Waals surface area contributed by atoms with Gasteiger partial charge < -0.3 is 4.74 Å². The normalized spacial score (nSPS) is 12.2. The molecule has 0 unspecified atom stereocenters. The minimum absolute atomic E-state index is 0.0312. The van der Waals surface area contributed by atoms with Crippen LogP contribution in [0.5, 0.6) is 5.75 Å². The summed E-state index contributed by atoms with van der Waals surface area (Å²) in [5.74, 6) is 1.38. The maximum atomic E-state index is 12.4. The fourth-order valence-corrected chi connectivity index (χ4v) is 2.66. The molecule has 0 spiro atoms. The number of ether oxygens (including phenoxy) is 1. The Labute approximate surface area is 141 Å². The quantitative estimate of drug-likeness (QED) is 0.689.